The Labute approximate surface area is 107 Å². The summed E-state index contributed by atoms with van der Waals surface area (Å²) in [6.45, 7) is 3.74. The minimum atomic E-state index is -0.332. The first kappa shape index (κ1) is 13.0. The lowest BCUT2D eigenvalue weighted by Gasteiger charge is -2.07. The molecule has 0 fully saturated rings. The molecule has 2 aromatic rings. The number of aryl methyl sites for hydroxylation is 2. The van der Waals surface area contributed by atoms with Crippen LogP contribution in [0.5, 0.6) is 0 Å². The minimum absolute atomic E-state index is 0.313. The maximum atomic E-state index is 13.8. The van der Waals surface area contributed by atoms with Gasteiger partial charge < -0.3 is 0 Å². The third-order valence-electron chi connectivity index (χ3n) is 3.34. The molecular weight excluding hydrogens is 230 g/mol. The molecule has 0 aliphatic carbocycles. The van der Waals surface area contributed by atoms with Gasteiger partial charge in [-0.25, -0.2) is 8.78 Å². The van der Waals surface area contributed by atoms with Gasteiger partial charge in [0.1, 0.15) is 11.6 Å². The summed E-state index contributed by atoms with van der Waals surface area (Å²) in [7, 11) is 0. The van der Waals surface area contributed by atoms with Gasteiger partial charge in [-0.05, 0) is 43.0 Å². The lowest BCUT2D eigenvalue weighted by molar-refractivity contribution is 0.609. The molecule has 0 aromatic heterocycles. The van der Waals surface area contributed by atoms with Crippen LogP contribution in [-0.4, -0.2) is 0 Å². The molecule has 2 heteroatoms. The van der Waals surface area contributed by atoms with Gasteiger partial charge in [-0.3, -0.25) is 0 Å². The largest absolute Gasteiger partial charge is 0.206 e. The third-order valence-corrected chi connectivity index (χ3v) is 3.34. The Morgan fingerprint density at radius 1 is 1.00 bits per heavy atom. The first-order valence-electron chi connectivity index (χ1n) is 6.50. The van der Waals surface area contributed by atoms with E-state index in [0.717, 1.165) is 24.8 Å². The summed E-state index contributed by atoms with van der Waals surface area (Å²) in [6, 6.07) is 6.65. The number of rotatable bonds is 4. The lowest BCUT2D eigenvalue weighted by atomic mass is 10.0. The standard InChI is InChI=1S/C16H18F2/c1-3-4-5-6-12-7-8-13-14(10-12)15(17)9-11(2)16(13)18/h7-10H,3-6H2,1-2H3. The highest BCUT2D eigenvalue weighted by molar-refractivity contribution is 5.85. The van der Waals surface area contributed by atoms with Crippen LogP contribution in [0.3, 0.4) is 0 Å². The topological polar surface area (TPSA) is 0 Å². The highest BCUT2D eigenvalue weighted by atomic mass is 19.1. The van der Waals surface area contributed by atoms with Crippen molar-refractivity contribution in [1.82, 2.24) is 0 Å². The predicted octanol–water partition coefficient (Wildman–Crippen LogP) is 5.16. The van der Waals surface area contributed by atoms with Crippen molar-refractivity contribution < 1.29 is 8.78 Å². The van der Waals surface area contributed by atoms with Gasteiger partial charge in [-0.15, -0.1) is 0 Å². The zero-order valence-electron chi connectivity index (χ0n) is 10.9. The Balaban J connectivity index is 2.39. The van der Waals surface area contributed by atoms with Crippen molar-refractivity contribution in [2.45, 2.75) is 39.5 Å². The molecule has 96 valence electrons. The summed E-state index contributed by atoms with van der Waals surface area (Å²) >= 11 is 0. The fourth-order valence-corrected chi connectivity index (χ4v) is 2.26. The van der Waals surface area contributed by atoms with E-state index in [0.29, 0.717) is 16.3 Å². The van der Waals surface area contributed by atoms with E-state index in [1.165, 1.54) is 12.5 Å². The molecular formula is C16H18F2. The van der Waals surface area contributed by atoms with Crippen molar-refractivity contribution in [2.24, 2.45) is 0 Å². The molecule has 18 heavy (non-hydrogen) atoms. The van der Waals surface area contributed by atoms with Gasteiger partial charge in [-0.2, -0.15) is 0 Å². The molecule has 0 heterocycles. The van der Waals surface area contributed by atoms with E-state index in [9.17, 15) is 8.78 Å². The van der Waals surface area contributed by atoms with Crippen molar-refractivity contribution in [1.29, 1.82) is 0 Å². The summed E-state index contributed by atoms with van der Waals surface area (Å²) in [5, 5.41) is 0.777. The van der Waals surface area contributed by atoms with Crippen LogP contribution >= 0.6 is 0 Å². The van der Waals surface area contributed by atoms with Crippen LogP contribution < -0.4 is 0 Å². The van der Waals surface area contributed by atoms with Crippen LogP contribution in [0.1, 0.15) is 37.3 Å². The van der Waals surface area contributed by atoms with Crippen LogP contribution in [0.25, 0.3) is 10.8 Å². The average Bonchev–Trinajstić information content (AvgIpc) is 2.36. The van der Waals surface area contributed by atoms with Crippen molar-refractivity contribution in [3.8, 4) is 0 Å². The summed E-state index contributed by atoms with van der Waals surface area (Å²) in [5.41, 5.74) is 1.44. The van der Waals surface area contributed by atoms with E-state index >= 15 is 0 Å². The molecule has 0 aliphatic heterocycles. The van der Waals surface area contributed by atoms with Crippen molar-refractivity contribution in [3.05, 3.63) is 47.0 Å². The number of benzene rings is 2. The van der Waals surface area contributed by atoms with Crippen LogP contribution in [0, 0.1) is 18.6 Å². The highest BCUT2D eigenvalue weighted by Gasteiger charge is 2.09. The fraction of sp³-hybridized carbons (Fsp3) is 0.375. The maximum Gasteiger partial charge on any atom is 0.134 e. The first-order chi connectivity index (χ1) is 8.63. The van der Waals surface area contributed by atoms with Crippen molar-refractivity contribution >= 4 is 10.8 Å². The minimum Gasteiger partial charge on any atom is -0.206 e. The summed E-state index contributed by atoms with van der Waals surface area (Å²) in [4.78, 5) is 0. The smallest absolute Gasteiger partial charge is 0.134 e. The lowest BCUT2D eigenvalue weighted by Crippen LogP contribution is -1.92. The molecule has 2 rings (SSSR count). The van der Waals surface area contributed by atoms with Gasteiger partial charge >= 0.3 is 0 Å². The Bertz CT molecular complexity index is 559. The average molecular weight is 248 g/mol. The van der Waals surface area contributed by atoms with E-state index in [-0.39, 0.29) is 11.6 Å². The van der Waals surface area contributed by atoms with Gasteiger partial charge in [0, 0.05) is 10.8 Å². The molecule has 0 atom stereocenters. The Kier molecular flexibility index (Phi) is 3.95. The summed E-state index contributed by atoms with van der Waals surface area (Å²) in [6.07, 6.45) is 4.36. The Hall–Kier alpha value is -1.44. The second-order valence-corrected chi connectivity index (χ2v) is 4.83. The molecule has 0 saturated heterocycles. The number of unbranched alkanes of at least 4 members (excludes halogenated alkanes) is 2. The quantitative estimate of drug-likeness (QED) is 0.656. The van der Waals surface area contributed by atoms with Gasteiger partial charge in [-0.1, -0.05) is 31.9 Å². The third kappa shape index (κ3) is 2.53. The van der Waals surface area contributed by atoms with E-state index in [1.807, 2.05) is 6.07 Å². The molecule has 0 spiro atoms. The number of hydrogen-bond donors (Lipinski definition) is 0. The normalized spacial score (nSPS) is 11.1. The number of halogens is 2. The van der Waals surface area contributed by atoms with E-state index < -0.39 is 0 Å². The molecule has 0 bridgehead atoms. The van der Waals surface area contributed by atoms with Crippen LogP contribution in [0.2, 0.25) is 0 Å². The van der Waals surface area contributed by atoms with E-state index in [1.54, 1.807) is 19.1 Å². The Morgan fingerprint density at radius 2 is 1.78 bits per heavy atom. The molecule has 0 aliphatic rings. The molecule has 0 unspecified atom stereocenters. The molecule has 0 saturated carbocycles. The van der Waals surface area contributed by atoms with Crippen LogP contribution in [0.4, 0.5) is 8.78 Å². The summed E-state index contributed by atoms with van der Waals surface area (Å²) in [5.74, 6) is -0.646. The number of fused-ring (bicyclic) bond motifs is 1. The molecule has 0 nitrogen and oxygen atoms in total. The van der Waals surface area contributed by atoms with E-state index in [4.69, 9.17) is 0 Å². The second kappa shape index (κ2) is 5.47. The molecule has 0 amide bonds. The summed E-state index contributed by atoms with van der Waals surface area (Å²) < 4.78 is 27.7. The van der Waals surface area contributed by atoms with Crippen LogP contribution in [-0.2, 0) is 6.42 Å². The predicted molar refractivity (Wildman–Crippen MR) is 71.8 cm³/mol. The zero-order valence-corrected chi connectivity index (χ0v) is 10.9. The molecule has 2 aromatic carbocycles. The van der Waals surface area contributed by atoms with Gasteiger partial charge in [0.15, 0.2) is 0 Å². The fourth-order valence-electron chi connectivity index (χ4n) is 2.26. The maximum absolute atomic E-state index is 13.8. The Morgan fingerprint density at radius 3 is 2.50 bits per heavy atom. The van der Waals surface area contributed by atoms with E-state index in [2.05, 4.69) is 6.92 Å². The zero-order chi connectivity index (χ0) is 13.1. The van der Waals surface area contributed by atoms with Gasteiger partial charge in [0.05, 0.1) is 0 Å². The number of hydrogen-bond acceptors (Lipinski definition) is 0. The monoisotopic (exact) mass is 248 g/mol. The van der Waals surface area contributed by atoms with Gasteiger partial charge in [0.2, 0.25) is 0 Å². The van der Waals surface area contributed by atoms with Crippen molar-refractivity contribution in [3.63, 3.8) is 0 Å². The second-order valence-electron chi connectivity index (χ2n) is 4.83. The van der Waals surface area contributed by atoms with Gasteiger partial charge in [0.25, 0.3) is 0 Å². The van der Waals surface area contributed by atoms with Crippen LogP contribution in [0.15, 0.2) is 24.3 Å². The first-order valence-corrected chi connectivity index (χ1v) is 6.50. The molecule has 0 N–H and O–H groups in total. The van der Waals surface area contributed by atoms with Crippen molar-refractivity contribution in [2.75, 3.05) is 0 Å². The SMILES string of the molecule is CCCCCc1ccc2c(F)c(C)cc(F)c2c1. The molecule has 0 radical (unpaired) electrons. The highest BCUT2D eigenvalue weighted by Crippen LogP contribution is 2.25.